The molecule has 1 aliphatic rings. The molecule has 4 rings (SSSR count). The number of hydrogen-bond acceptors (Lipinski definition) is 4. The molecule has 1 atom stereocenters. The highest BCUT2D eigenvalue weighted by atomic mass is 35.5. The van der Waals surface area contributed by atoms with E-state index >= 15 is 0 Å². The molecule has 0 spiro atoms. The third kappa shape index (κ3) is 3.92. The zero-order chi connectivity index (χ0) is 20.6. The Morgan fingerprint density at radius 3 is 2.69 bits per heavy atom. The van der Waals surface area contributed by atoms with E-state index < -0.39 is 17.4 Å². The van der Waals surface area contributed by atoms with Crippen molar-refractivity contribution in [2.75, 3.05) is 10.6 Å². The Bertz CT molecular complexity index is 1100. The van der Waals surface area contributed by atoms with Gasteiger partial charge in [-0.05, 0) is 42.8 Å². The first-order valence-corrected chi connectivity index (χ1v) is 9.47. The van der Waals surface area contributed by atoms with Crippen molar-refractivity contribution in [3.05, 3.63) is 70.5 Å². The molecular formula is C20H16Cl2N4O3. The van der Waals surface area contributed by atoms with Crippen LogP contribution in [-0.4, -0.2) is 27.2 Å². The molecule has 1 aliphatic heterocycles. The number of hydrogen-bond donors (Lipinski definition) is 2. The minimum atomic E-state index is -1.74. The lowest BCUT2D eigenvalue weighted by molar-refractivity contribution is -0.143. The zero-order valence-corrected chi connectivity index (χ0v) is 16.8. The van der Waals surface area contributed by atoms with Crippen LogP contribution in [0.2, 0.25) is 10.0 Å². The first-order chi connectivity index (χ1) is 13.8. The maximum atomic E-state index is 12.8. The summed E-state index contributed by atoms with van der Waals surface area (Å²) in [5.41, 5.74) is 0.138. The second kappa shape index (κ2) is 7.42. The highest BCUT2D eigenvalue weighted by molar-refractivity contribution is 6.31. The number of anilines is 2. The van der Waals surface area contributed by atoms with Crippen molar-refractivity contribution in [3.63, 3.8) is 0 Å². The summed E-state index contributed by atoms with van der Waals surface area (Å²) in [6.45, 7) is 1.92. The monoisotopic (exact) mass is 430 g/mol. The second-order valence-corrected chi connectivity index (χ2v) is 7.61. The van der Waals surface area contributed by atoms with Gasteiger partial charge in [-0.3, -0.25) is 14.3 Å². The van der Waals surface area contributed by atoms with Crippen LogP contribution in [0.1, 0.15) is 12.5 Å². The van der Waals surface area contributed by atoms with Crippen LogP contribution in [0, 0.1) is 0 Å². The van der Waals surface area contributed by atoms with Gasteiger partial charge in [-0.2, -0.15) is 5.10 Å². The molecule has 2 heterocycles. The van der Waals surface area contributed by atoms with Crippen molar-refractivity contribution >= 4 is 46.4 Å². The van der Waals surface area contributed by atoms with E-state index in [2.05, 4.69) is 15.7 Å². The van der Waals surface area contributed by atoms with Gasteiger partial charge in [0.1, 0.15) is 5.75 Å². The average Bonchev–Trinajstić information content (AvgIpc) is 3.11. The molecule has 0 bridgehead atoms. The summed E-state index contributed by atoms with van der Waals surface area (Å²) in [6.07, 6.45) is 3.18. The van der Waals surface area contributed by atoms with Crippen molar-refractivity contribution < 1.29 is 14.3 Å². The van der Waals surface area contributed by atoms with Gasteiger partial charge in [0.25, 0.3) is 17.4 Å². The molecule has 0 saturated carbocycles. The smallest absolute Gasteiger partial charge is 0.278 e. The number of rotatable bonds is 4. The van der Waals surface area contributed by atoms with Gasteiger partial charge in [0.2, 0.25) is 0 Å². The maximum Gasteiger partial charge on any atom is 0.278 e. The second-order valence-electron chi connectivity index (χ2n) is 6.74. The van der Waals surface area contributed by atoms with Gasteiger partial charge in [-0.25, -0.2) is 0 Å². The van der Waals surface area contributed by atoms with Crippen molar-refractivity contribution in [2.45, 2.75) is 19.1 Å². The number of benzene rings is 2. The van der Waals surface area contributed by atoms with E-state index in [1.54, 1.807) is 41.2 Å². The molecular weight excluding hydrogens is 415 g/mol. The first kappa shape index (κ1) is 19.3. The van der Waals surface area contributed by atoms with Gasteiger partial charge >= 0.3 is 0 Å². The lowest BCUT2D eigenvalue weighted by Crippen LogP contribution is -2.56. The summed E-state index contributed by atoms with van der Waals surface area (Å²) in [7, 11) is 0. The van der Waals surface area contributed by atoms with E-state index in [-0.39, 0.29) is 0 Å². The summed E-state index contributed by atoms with van der Waals surface area (Å²) in [5, 5.41) is 10.7. The molecule has 7 nitrogen and oxygen atoms in total. The van der Waals surface area contributed by atoms with E-state index in [0.29, 0.717) is 33.7 Å². The highest BCUT2D eigenvalue weighted by Gasteiger charge is 2.47. The molecule has 3 aromatic rings. The summed E-state index contributed by atoms with van der Waals surface area (Å²) in [4.78, 5) is 25.3. The topological polar surface area (TPSA) is 85.2 Å². The van der Waals surface area contributed by atoms with Crippen molar-refractivity contribution in [1.82, 2.24) is 9.78 Å². The molecule has 1 unspecified atom stereocenters. The zero-order valence-electron chi connectivity index (χ0n) is 15.3. The Balaban J connectivity index is 1.47. The molecule has 0 aliphatic carbocycles. The fourth-order valence-electron chi connectivity index (χ4n) is 2.89. The minimum Gasteiger partial charge on any atom is -0.466 e. The van der Waals surface area contributed by atoms with Gasteiger partial charge in [0.15, 0.2) is 0 Å². The molecule has 2 aromatic carbocycles. The van der Waals surface area contributed by atoms with E-state index in [9.17, 15) is 9.59 Å². The Hall–Kier alpha value is -3.03. The molecule has 0 radical (unpaired) electrons. The standard InChI is InChI=1S/C20H16Cl2N4O3/c1-20(19(28)25-16-8-14(22)6-7-17(16)29-20)18(27)24-15-9-23-26(11-15)10-12-2-4-13(21)5-3-12/h2-9,11H,10H2,1H3,(H,24,27)(H,25,28). The van der Waals surface area contributed by atoms with E-state index in [1.807, 2.05) is 12.1 Å². The molecule has 29 heavy (non-hydrogen) atoms. The van der Waals surface area contributed by atoms with E-state index in [1.165, 1.54) is 13.1 Å². The first-order valence-electron chi connectivity index (χ1n) is 8.72. The van der Waals surface area contributed by atoms with Crippen molar-refractivity contribution in [2.24, 2.45) is 0 Å². The maximum absolute atomic E-state index is 12.8. The third-order valence-electron chi connectivity index (χ3n) is 4.52. The van der Waals surface area contributed by atoms with Gasteiger partial charge in [0, 0.05) is 16.2 Å². The summed E-state index contributed by atoms with van der Waals surface area (Å²) in [5.74, 6) is -0.829. The van der Waals surface area contributed by atoms with Gasteiger partial charge in [-0.15, -0.1) is 0 Å². The van der Waals surface area contributed by atoms with Crippen LogP contribution < -0.4 is 15.4 Å². The fraction of sp³-hybridized carbons (Fsp3) is 0.150. The van der Waals surface area contributed by atoms with Crippen molar-refractivity contribution in [1.29, 1.82) is 0 Å². The Kier molecular flexibility index (Phi) is 4.94. The van der Waals surface area contributed by atoms with Crippen LogP contribution in [-0.2, 0) is 16.1 Å². The Morgan fingerprint density at radius 1 is 1.21 bits per heavy atom. The molecule has 0 saturated heterocycles. The van der Waals surface area contributed by atoms with Gasteiger partial charge in [-0.1, -0.05) is 35.3 Å². The van der Waals surface area contributed by atoms with Crippen LogP contribution >= 0.6 is 23.2 Å². The predicted molar refractivity (Wildman–Crippen MR) is 111 cm³/mol. The van der Waals surface area contributed by atoms with Crippen LogP contribution in [0.3, 0.4) is 0 Å². The summed E-state index contributed by atoms with van der Waals surface area (Å²) in [6, 6.07) is 12.2. The number of ether oxygens (including phenoxy) is 1. The fourth-order valence-corrected chi connectivity index (χ4v) is 3.19. The largest absolute Gasteiger partial charge is 0.466 e. The predicted octanol–water partition coefficient (Wildman–Crippen LogP) is 3.97. The lowest BCUT2D eigenvalue weighted by atomic mass is 10.0. The van der Waals surface area contributed by atoms with Crippen LogP contribution in [0.15, 0.2) is 54.9 Å². The molecule has 0 fully saturated rings. The number of halogens is 2. The lowest BCUT2D eigenvalue weighted by Gasteiger charge is -2.33. The summed E-state index contributed by atoms with van der Waals surface area (Å²) < 4.78 is 7.38. The highest BCUT2D eigenvalue weighted by Crippen LogP contribution is 2.36. The van der Waals surface area contributed by atoms with Crippen LogP contribution in [0.5, 0.6) is 5.75 Å². The van der Waals surface area contributed by atoms with E-state index in [4.69, 9.17) is 27.9 Å². The quantitative estimate of drug-likeness (QED) is 0.613. The molecule has 2 N–H and O–H groups in total. The summed E-state index contributed by atoms with van der Waals surface area (Å²) >= 11 is 11.8. The Morgan fingerprint density at radius 2 is 1.93 bits per heavy atom. The SMILES string of the molecule is CC1(C(=O)Nc2cnn(Cc3ccc(Cl)cc3)c2)Oc2ccc(Cl)cc2NC1=O. The average molecular weight is 431 g/mol. The van der Waals surface area contributed by atoms with Gasteiger partial charge < -0.3 is 15.4 Å². The van der Waals surface area contributed by atoms with E-state index in [0.717, 1.165) is 5.56 Å². The number of nitrogens with one attached hydrogen (secondary N) is 2. The minimum absolute atomic E-state index is 0.366. The number of carbonyl (C=O) groups is 2. The van der Waals surface area contributed by atoms with Crippen molar-refractivity contribution in [3.8, 4) is 5.75 Å². The van der Waals surface area contributed by atoms with Gasteiger partial charge in [0.05, 0.1) is 24.1 Å². The number of nitrogens with zero attached hydrogens (tertiary/aromatic N) is 2. The third-order valence-corrected chi connectivity index (χ3v) is 5.01. The normalized spacial score (nSPS) is 17.8. The number of amides is 2. The number of aromatic nitrogens is 2. The Labute approximate surface area is 176 Å². The number of carbonyl (C=O) groups excluding carboxylic acids is 2. The molecule has 148 valence electrons. The van der Waals surface area contributed by atoms with Crippen LogP contribution in [0.25, 0.3) is 0 Å². The molecule has 1 aromatic heterocycles. The molecule has 2 amide bonds. The number of fused-ring (bicyclic) bond motifs is 1. The molecule has 9 heteroatoms. The van der Waals surface area contributed by atoms with Crippen LogP contribution in [0.4, 0.5) is 11.4 Å².